The van der Waals surface area contributed by atoms with Crippen molar-refractivity contribution in [2.24, 2.45) is 11.8 Å². The van der Waals surface area contributed by atoms with Crippen molar-refractivity contribution in [1.82, 2.24) is 5.32 Å². The fraction of sp³-hybridized carbons (Fsp3) is 1.00. The maximum absolute atomic E-state index is 3.65. The van der Waals surface area contributed by atoms with E-state index in [2.05, 4.69) is 12.2 Å². The zero-order valence-corrected chi connectivity index (χ0v) is 8.89. The molecule has 0 spiro atoms. The van der Waals surface area contributed by atoms with Gasteiger partial charge in [0.2, 0.25) is 0 Å². The fourth-order valence-electron chi connectivity index (χ4n) is 2.25. The third kappa shape index (κ3) is 3.30. The summed E-state index contributed by atoms with van der Waals surface area (Å²) in [6, 6.07) is 0.771. The second-order valence-electron chi connectivity index (χ2n) is 5.12. The lowest BCUT2D eigenvalue weighted by Crippen LogP contribution is -2.29. The van der Waals surface area contributed by atoms with E-state index in [0.29, 0.717) is 0 Å². The molecular formula is C12H23N. The molecule has 2 fully saturated rings. The van der Waals surface area contributed by atoms with Crippen LogP contribution in [0.5, 0.6) is 0 Å². The van der Waals surface area contributed by atoms with E-state index in [9.17, 15) is 0 Å². The third-order valence-electron chi connectivity index (χ3n) is 3.65. The Bertz CT molecular complexity index is 147. The molecule has 2 aliphatic carbocycles. The van der Waals surface area contributed by atoms with Crippen LogP contribution in [0, 0.1) is 11.8 Å². The molecule has 1 unspecified atom stereocenters. The predicted molar refractivity (Wildman–Crippen MR) is 56.8 cm³/mol. The Labute approximate surface area is 82.3 Å². The van der Waals surface area contributed by atoms with E-state index in [-0.39, 0.29) is 0 Å². The molecule has 2 rings (SSSR count). The molecule has 0 aromatic heterocycles. The number of hydrogen-bond acceptors (Lipinski definition) is 1. The molecule has 1 heteroatoms. The smallest absolute Gasteiger partial charge is 0.00413 e. The van der Waals surface area contributed by atoms with E-state index in [1.54, 1.807) is 0 Å². The van der Waals surface area contributed by atoms with Gasteiger partial charge in [0, 0.05) is 6.04 Å². The van der Waals surface area contributed by atoms with Crippen molar-refractivity contribution >= 4 is 0 Å². The van der Waals surface area contributed by atoms with Gasteiger partial charge in [-0.05, 0) is 38.1 Å². The molecule has 0 bridgehead atoms. The molecule has 0 aromatic rings. The zero-order chi connectivity index (χ0) is 9.10. The van der Waals surface area contributed by atoms with E-state index in [1.165, 1.54) is 51.5 Å². The molecule has 2 saturated carbocycles. The molecule has 1 N–H and O–H groups in total. The minimum atomic E-state index is 0.771. The zero-order valence-electron chi connectivity index (χ0n) is 8.89. The van der Waals surface area contributed by atoms with Crippen molar-refractivity contribution in [3.63, 3.8) is 0 Å². The predicted octanol–water partition coefficient (Wildman–Crippen LogP) is 2.95. The van der Waals surface area contributed by atoms with E-state index in [4.69, 9.17) is 0 Å². The minimum Gasteiger partial charge on any atom is -0.314 e. The quantitative estimate of drug-likeness (QED) is 0.664. The summed E-state index contributed by atoms with van der Waals surface area (Å²) in [6.07, 6.45) is 10.3. The Kier molecular flexibility index (Phi) is 3.26. The van der Waals surface area contributed by atoms with Crippen molar-refractivity contribution in [3.8, 4) is 0 Å². The summed E-state index contributed by atoms with van der Waals surface area (Å²) in [5, 5.41) is 3.65. The highest BCUT2D eigenvalue weighted by molar-refractivity contribution is 4.78. The van der Waals surface area contributed by atoms with Crippen LogP contribution in [0.3, 0.4) is 0 Å². The van der Waals surface area contributed by atoms with Crippen LogP contribution in [0.25, 0.3) is 0 Å². The summed E-state index contributed by atoms with van der Waals surface area (Å²) in [5.74, 6) is 2.15. The van der Waals surface area contributed by atoms with Gasteiger partial charge < -0.3 is 5.32 Å². The number of hydrogen-bond donors (Lipinski definition) is 1. The van der Waals surface area contributed by atoms with Gasteiger partial charge in [0.05, 0.1) is 0 Å². The van der Waals surface area contributed by atoms with Gasteiger partial charge in [-0.2, -0.15) is 0 Å². The van der Waals surface area contributed by atoms with Crippen LogP contribution in [-0.2, 0) is 0 Å². The Balaban J connectivity index is 1.45. The molecule has 1 atom stereocenters. The summed E-state index contributed by atoms with van der Waals surface area (Å²) >= 11 is 0. The van der Waals surface area contributed by atoms with E-state index in [0.717, 1.165) is 17.9 Å². The van der Waals surface area contributed by atoms with Crippen LogP contribution in [0.4, 0.5) is 0 Å². The second kappa shape index (κ2) is 4.45. The van der Waals surface area contributed by atoms with Crippen LogP contribution in [0.1, 0.15) is 51.9 Å². The van der Waals surface area contributed by atoms with Gasteiger partial charge >= 0.3 is 0 Å². The molecule has 0 saturated heterocycles. The molecule has 0 aromatic carbocycles. The van der Waals surface area contributed by atoms with Gasteiger partial charge in [-0.1, -0.05) is 32.1 Å². The summed E-state index contributed by atoms with van der Waals surface area (Å²) in [7, 11) is 0. The fourth-order valence-corrected chi connectivity index (χ4v) is 2.25. The van der Waals surface area contributed by atoms with E-state index >= 15 is 0 Å². The first-order chi connectivity index (χ1) is 6.34. The average molecular weight is 181 g/mol. The molecule has 0 amide bonds. The van der Waals surface area contributed by atoms with Gasteiger partial charge in [0.1, 0.15) is 0 Å². The Morgan fingerprint density at radius 3 is 2.46 bits per heavy atom. The van der Waals surface area contributed by atoms with Gasteiger partial charge in [0.15, 0.2) is 0 Å². The van der Waals surface area contributed by atoms with Crippen LogP contribution in [-0.4, -0.2) is 12.6 Å². The van der Waals surface area contributed by atoms with Crippen molar-refractivity contribution in [2.45, 2.75) is 57.9 Å². The summed E-state index contributed by atoms with van der Waals surface area (Å²) in [6.45, 7) is 3.61. The third-order valence-corrected chi connectivity index (χ3v) is 3.65. The van der Waals surface area contributed by atoms with Gasteiger partial charge in [-0.25, -0.2) is 0 Å². The molecule has 0 heterocycles. The van der Waals surface area contributed by atoms with Gasteiger partial charge in [-0.3, -0.25) is 0 Å². The SMILES string of the molecule is CC(CC1CC1)NCCC1CCC1. The first-order valence-electron chi connectivity index (χ1n) is 6.08. The van der Waals surface area contributed by atoms with Crippen LogP contribution >= 0.6 is 0 Å². The highest BCUT2D eigenvalue weighted by Crippen LogP contribution is 2.33. The highest BCUT2D eigenvalue weighted by atomic mass is 14.9. The lowest BCUT2D eigenvalue weighted by atomic mass is 9.83. The Hall–Kier alpha value is -0.0400. The summed E-state index contributed by atoms with van der Waals surface area (Å²) in [4.78, 5) is 0. The van der Waals surface area contributed by atoms with E-state index in [1.807, 2.05) is 0 Å². The number of rotatable bonds is 6. The van der Waals surface area contributed by atoms with Gasteiger partial charge in [0.25, 0.3) is 0 Å². The van der Waals surface area contributed by atoms with Crippen LogP contribution in [0.2, 0.25) is 0 Å². The van der Waals surface area contributed by atoms with Gasteiger partial charge in [-0.15, -0.1) is 0 Å². The molecule has 0 radical (unpaired) electrons. The second-order valence-corrected chi connectivity index (χ2v) is 5.12. The first-order valence-corrected chi connectivity index (χ1v) is 6.08. The average Bonchev–Trinajstić information content (AvgIpc) is 2.78. The van der Waals surface area contributed by atoms with E-state index < -0.39 is 0 Å². The normalized spacial score (nSPS) is 25.6. The van der Waals surface area contributed by atoms with Crippen LogP contribution in [0.15, 0.2) is 0 Å². The van der Waals surface area contributed by atoms with Crippen molar-refractivity contribution < 1.29 is 0 Å². The lowest BCUT2D eigenvalue weighted by Gasteiger charge is -2.26. The minimum absolute atomic E-state index is 0.771. The maximum atomic E-state index is 3.65. The maximum Gasteiger partial charge on any atom is 0.00413 e. The Morgan fingerprint density at radius 1 is 1.15 bits per heavy atom. The van der Waals surface area contributed by atoms with Crippen molar-refractivity contribution in [1.29, 1.82) is 0 Å². The topological polar surface area (TPSA) is 12.0 Å². The first kappa shape index (κ1) is 9.51. The molecule has 76 valence electrons. The standard InChI is InChI=1S/C12H23N/c1-10(9-12-5-6-12)13-8-7-11-3-2-4-11/h10-13H,2-9H2,1H3. The monoisotopic (exact) mass is 181 g/mol. The number of nitrogens with one attached hydrogen (secondary N) is 1. The molecule has 0 aliphatic heterocycles. The van der Waals surface area contributed by atoms with Crippen molar-refractivity contribution in [2.75, 3.05) is 6.54 Å². The summed E-state index contributed by atoms with van der Waals surface area (Å²) < 4.78 is 0. The molecule has 2 aliphatic rings. The van der Waals surface area contributed by atoms with Crippen molar-refractivity contribution in [3.05, 3.63) is 0 Å². The summed E-state index contributed by atoms with van der Waals surface area (Å²) in [5.41, 5.74) is 0. The molecule has 1 nitrogen and oxygen atoms in total. The molecular weight excluding hydrogens is 158 g/mol. The largest absolute Gasteiger partial charge is 0.314 e. The van der Waals surface area contributed by atoms with Crippen LogP contribution < -0.4 is 5.32 Å². The molecule has 13 heavy (non-hydrogen) atoms. The lowest BCUT2D eigenvalue weighted by molar-refractivity contribution is 0.286. The highest BCUT2D eigenvalue weighted by Gasteiger charge is 2.23. The Morgan fingerprint density at radius 2 is 1.92 bits per heavy atom.